The highest BCUT2D eigenvalue weighted by atomic mass is 16.3. The van der Waals surface area contributed by atoms with Crippen LogP contribution in [-0.4, -0.2) is 26.8 Å². The minimum absolute atomic E-state index is 0.176. The van der Waals surface area contributed by atoms with Crippen LogP contribution in [-0.2, 0) is 13.0 Å². The minimum atomic E-state index is 0.176. The standard InChI is InChI=1S/C25H32N4O/c1-4-29-15-18(16(2)28-29)14-26-27-24-10-9-23-22-7-5-17-13-19(30)6-8-20(17)21(22)11-12-25(23,24)3/h6,8,13-15,21-23,30H,4-5,7,9-12H2,1-3H3/b26-14-,27-24-/t21-,22-,23+,25-/m0/s1. The van der Waals surface area contributed by atoms with Gasteiger partial charge >= 0.3 is 0 Å². The van der Waals surface area contributed by atoms with Crippen molar-refractivity contribution in [2.24, 2.45) is 27.5 Å². The molecule has 5 heteroatoms. The van der Waals surface area contributed by atoms with Gasteiger partial charge in [0, 0.05) is 29.4 Å². The Kier molecular flexibility index (Phi) is 4.79. The quantitative estimate of drug-likeness (QED) is 0.561. The number of hydrogen-bond donors (Lipinski definition) is 1. The molecule has 0 radical (unpaired) electrons. The number of phenolic OH excluding ortho intramolecular Hbond substituents is 1. The number of hydrogen-bond acceptors (Lipinski definition) is 4. The van der Waals surface area contributed by atoms with Crippen LogP contribution in [0.5, 0.6) is 5.75 Å². The summed E-state index contributed by atoms with van der Waals surface area (Å²) >= 11 is 0. The molecule has 5 nitrogen and oxygen atoms in total. The van der Waals surface area contributed by atoms with Crippen molar-refractivity contribution < 1.29 is 5.11 Å². The molecule has 1 aromatic carbocycles. The molecule has 2 saturated carbocycles. The number of nitrogens with zero attached hydrogens (tertiary/aromatic N) is 4. The number of aromatic hydroxyl groups is 1. The van der Waals surface area contributed by atoms with Crippen LogP contribution in [0.4, 0.5) is 0 Å². The van der Waals surface area contributed by atoms with E-state index in [9.17, 15) is 5.11 Å². The van der Waals surface area contributed by atoms with Crippen molar-refractivity contribution >= 4 is 11.9 Å². The molecule has 3 aliphatic rings. The number of benzene rings is 1. The fourth-order valence-corrected chi connectivity index (χ4v) is 6.50. The van der Waals surface area contributed by atoms with E-state index in [-0.39, 0.29) is 5.41 Å². The highest BCUT2D eigenvalue weighted by Gasteiger charge is 2.53. The van der Waals surface area contributed by atoms with E-state index in [0.717, 1.165) is 36.6 Å². The maximum absolute atomic E-state index is 9.87. The predicted molar refractivity (Wildman–Crippen MR) is 120 cm³/mol. The molecule has 0 unspecified atom stereocenters. The van der Waals surface area contributed by atoms with E-state index >= 15 is 0 Å². The molecule has 30 heavy (non-hydrogen) atoms. The van der Waals surface area contributed by atoms with Gasteiger partial charge in [0.2, 0.25) is 0 Å². The molecule has 0 bridgehead atoms. The lowest BCUT2D eigenvalue weighted by Gasteiger charge is -2.49. The fraction of sp³-hybridized carbons (Fsp3) is 0.560. The number of fused-ring (bicyclic) bond motifs is 5. The Morgan fingerprint density at radius 1 is 1.27 bits per heavy atom. The molecule has 5 rings (SSSR count). The van der Waals surface area contributed by atoms with Gasteiger partial charge in [-0.05, 0) is 93.4 Å². The van der Waals surface area contributed by atoms with E-state index in [1.807, 2.05) is 36.1 Å². The van der Waals surface area contributed by atoms with Crippen molar-refractivity contribution in [3.63, 3.8) is 0 Å². The van der Waals surface area contributed by atoms with Crippen LogP contribution in [0.3, 0.4) is 0 Å². The van der Waals surface area contributed by atoms with Crippen molar-refractivity contribution in [3.8, 4) is 5.75 Å². The van der Waals surface area contributed by atoms with Gasteiger partial charge in [-0.3, -0.25) is 4.68 Å². The lowest BCUT2D eigenvalue weighted by molar-refractivity contribution is 0.0955. The van der Waals surface area contributed by atoms with Gasteiger partial charge in [-0.2, -0.15) is 15.3 Å². The Morgan fingerprint density at radius 2 is 2.13 bits per heavy atom. The number of phenols is 1. The first-order valence-corrected chi connectivity index (χ1v) is 11.5. The molecule has 158 valence electrons. The maximum atomic E-state index is 9.87. The van der Waals surface area contributed by atoms with Crippen molar-refractivity contribution in [1.82, 2.24) is 9.78 Å². The highest BCUT2D eigenvalue weighted by molar-refractivity contribution is 5.93. The summed E-state index contributed by atoms with van der Waals surface area (Å²) in [5, 5.41) is 23.6. The van der Waals surface area contributed by atoms with Crippen LogP contribution in [0.15, 0.2) is 34.6 Å². The molecule has 0 aliphatic heterocycles. The Labute approximate surface area is 178 Å². The Bertz CT molecular complexity index is 1020. The van der Waals surface area contributed by atoms with Crippen LogP contribution in [0.25, 0.3) is 0 Å². The van der Waals surface area contributed by atoms with Gasteiger partial charge in [0.1, 0.15) is 5.75 Å². The SMILES string of the molecule is CCn1cc(/C=N\N=C2\CC[C@@H]3[C@H]4CCc5cc(O)ccc5[C@@H]4CC[C@]23C)c(C)n1. The average molecular weight is 405 g/mol. The summed E-state index contributed by atoms with van der Waals surface area (Å²) in [7, 11) is 0. The average Bonchev–Trinajstić information content (AvgIpc) is 3.27. The third kappa shape index (κ3) is 3.10. The van der Waals surface area contributed by atoms with Crippen LogP contribution < -0.4 is 0 Å². The van der Waals surface area contributed by atoms with Crippen LogP contribution in [0.2, 0.25) is 0 Å². The highest BCUT2D eigenvalue weighted by Crippen LogP contribution is 2.60. The van der Waals surface area contributed by atoms with E-state index in [0.29, 0.717) is 17.6 Å². The normalized spacial score (nSPS) is 31.7. The van der Waals surface area contributed by atoms with Crippen LogP contribution in [0, 0.1) is 24.2 Å². The second-order valence-electron chi connectivity index (χ2n) is 9.61. The molecule has 1 N–H and O–H groups in total. The van der Waals surface area contributed by atoms with E-state index in [2.05, 4.69) is 30.1 Å². The largest absolute Gasteiger partial charge is 0.508 e. The van der Waals surface area contributed by atoms with E-state index in [1.165, 1.54) is 42.5 Å². The second kappa shape index (κ2) is 7.36. The van der Waals surface area contributed by atoms with Crippen molar-refractivity contribution in [2.45, 2.75) is 71.8 Å². The van der Waals surface area contributed by atoms with E-state index < -0.39 is 0 Å². The Balaban J connectivity index is 1.37. The van der Waals surface area contributed by atoms with Gasteiger partial charge in [0.15, 0.2) is 0 Å². The molecule has 3 aliphatic carbocycles. The smallest absolute Gasteiger partial charge is 0.115 e. The molecule has 1 heterocycles. The monoisotopic (exact) mass is 404 g/mol. The molecule has 0 saturated heterocycles. The molecule has 1 aromatic heterocycles. The van der Waals surface area contributed by atoms with Crippen LogP contribution in [0.1, 0.15) is 74.3 Å². The lowest BCUT2D eigenvalue weighted by atomic mass is 9.55. The van der Waals surface area contributed by atoms with E-state index in [4.69, 9.17) is 5.10 Å². The van der Waals surface area contributed by atoms with E-state index in [1.54, 1.807) is 0 Å². The van der Waals surface area contributed by atoms with Gasteiger partial charge in [-0.15, -0.1) is 0 Å². The fourth-order valence-electron chi connectivity index (χ4n) is 6.50. The summed E-state index contributed by atoms with van der Waals surface area (Å²) in [6.45, 7) is 7.42. The minimum Gasteiger partial charge on any atom is -0.508 e. The number of aryl methyl sites for hydroxylation is 3. The van der Waals surface area contributed by atoms with Crippen LogP contribution >= 0.6 is 0 Å². The lowest BCUT2D eigenvalue weighted by Crippen LogP contribution is -2.42. The molecular formula is C25H32N4O. The van der Waals surface area contributed by atoms with Crippen molar-refractivity contribution in [2.75, 3.05) is 0 Å². The molecular weight excluding hydrogens is 372 g/mol. The Hall–Kier alpha value is -2.43. The summed E-state index contributed by atoms with van der Waals surface area (Å²) in [5.74, 6) is 2.46. The number of aromatic nitrogens is 2. The summed E-state index contributed by atoms with van der Waals surface area (Å²) < 4.78 is 1.94. The zero-order chi connectivity index (χ0) is 20.9. The summed E-state index contributed by atoms with van der Waals surface area (Å²) in [5.41, 5.74) is 6.37. The van der Waals surface area contributed by atoms with Gasteiger partial charge in [0.05, 0.1) is 11.9 Å². The Morgan fingerprint density at radius 3 is 2.93 bits per heavy atom. The predicted octanol–water partition coefficient (Wildman–Crippen LogP) is 5.25. The van der Waals surface area contributed by atoms with Gasteiger partial charge in [0.25, 0.3) is 0 Å². The molecule has 0 spiro atoms. The van der Waals surface area contributed by atoms with Gasteiger partial charge < -0.3 is 5.11 Å². The first-order valence-electron chi connectivity index (χ1n) is 11.5. The van der Waals surface area contributed by atoms with Crippen molar-refractivity contribution in [3.05, 3.63) is 46.8 Å². The summed E-state index contributed by atoms with van der Waals surface area (Å²) in [4.78, 5) is 0. The molecule has 0 amide bonds. The zero-order valence-electron chi connectivity index (χ0n) is 18.3. The number of rotatable bonds is 3. The topological polar surface area (TPSA) is 62.8 Å². The maximum Gasteiger partial charge on any atom is 0.115 e. The third-order valence-electron chi connectivity index (χ3n) is 8.13. The molecule has 2 fully saturated rings. The third-order valence-corrected chi connectivity index (χ3v) is 8.13. The van der Waals surface area contributed by atoms with Gasteiger partial charge in [-0.25, -0.2) is 0 Å². The van der Waals surface area contributed by atoms with Crippen molar-refractivity contribution in [1.29, 1.82) is 0 Å². The molecule has 2 aromatic rings. The zero-order valence-corrected chi connectivity index (χ0v) is 18.3. The first-order chi connectivity index (χ1) is 14.5. The first kappa shape index (κ1) is 19.5. The molecule has 4 atom stereocenters. The summed E-state index contributed by atoms with van der Waals surface area (Å²) in [6, 6.07) is 6.03. The second-order valence-corrected chi connectivity index (χ2v) is 9.61. The van der Waals surface area contributed by atoms with Gasteiger partial charge in [-0.1, -0.05) is 13.0 Å². The summed E-state index contributed by atoms with van der Waals surface area (Å²) in [6.07, 6.45) is 10.9.